The number of hydrogen-bond donors (Lipinski definition) is 2. The molecule has 18 heavy (non-hydrogen) atoms. The lowest BCUT2D eigenvalue weighted by Gasteiger charge is -2.39. The quantitative estimate of drug-likeness (QED) is 0.618. The summed E-state index contributed by atoms with van der Waals surface area (Å²) in [7, 11) is 0. The van der Waals surface area contributed by atoms with Crippen LogP contribution in [0.25, 0.3) is 0 Å². The Balaban J connectivity index is 2.18. The maximum Gasteiger partial charge on any atom is 0.255 e. The summed E-state index contributed by atoms with van der Waals surface area (Å²) in [5, 5.41) is 0. The van der Waals surface area contributed by atoms with Gasteiger partial charge < -0.3 is 10.3 Å². The number of nitrogens with two attached hydrogens (primary N) is 1. The summed E-state index contributed by atoms with van der Waals surface area (Å²) in [5.41, 5.74) is 3.07. The number of aromatic nitrogens is 1. The molecule has 1 saturated heterocycles. The van der Waals surface area contributed by atoms with Gasteiger partial charge in [0.1, 0.15) is 5.82 Å². The van der Waals surface area contributed by atoms with Crippen molar-refractivity contribution in [2.24, 2.45) is 5.84 Å². The highest BCUT2D eigenvalue weighted by molar-refractivity contribution is 5.94. The second kappa shape index (κ2) is 5.35. The minimum atomic E-state index is 0.0609. The number of carbonyl (C=O) groups is 1. The van der Waals surface area contributed by atoms with E-state index in [1.165, 1.54) is 6.42 Å². The number of hydrogen-bond acceptors (Lipinski definition) is 4. The number of nitrogen functional groups attached to an aromatic ring is 1. The SMILES string of the molecule is C[C@@H]1CCC[C@H](C)N1C(=O)c1ccc(NN)nc1. The molecule has 0 spiro atoms. The van der Waals surface area contributed by atoms with E-state index in [0.29, 0.717) is 23.5 Å². The first kappa shape index (κ1) is 12.8. The third-order valence-corrected chi connectivity index (χ3v) is 3.59. The molecule has 0 radical (unpaired) electrons. The molecule has 1 aromatic heterocycles. The summed E-state index contributed by atoms with van der Waals surface area (Å²) in [6.45, 7) is 4.22. The minimum absolute atomic E-state index is 0.0609. The maximum absolute atomic E-state index is 12.5. The van der Waals surface area contributed by atoms with Crippen molar-refractivity contribution < 1.29 is 4.79 Å². The van der Waals surface area contributed by atoms with E-state index in [-0.39, 0.29) is 5.91 Å². The molecule has 0 saturated carbocycles. The fraction of sp³-hybridized carbons (Fsp3) is 0.538. The molecule has 5 nitrogen and oxygen atoms in total. The number of anilines is 1. The molecule has 2 rings (SSSR count). The summed E-state index contributed by atoms with van der Waals surface area (Å²) >= 11 is 0. The molecule has 0 unspecified atom stereocenters. The second-order valence-corrected chi connectivity index (χ2v) is 4.92. The first-order valence-corrected chi connectivity index (χ1v) is 6.39. The Morgan fingerprint density at radius 3 is 2.56 bits per heavy atom. The molecule has 98 valence electrons. The van der Waals surface area contributed by atoms with Gasteiger partial charge >= 0.3 is 0 Å². The van der Waals surface area contributed by atoms with E-state index in [4.69, 9.17) is 5.84 Å². The standard InChI is InChI=1S/C13H20N4O/c1-9-4-3-5-10(2)17(9)13(18)11-6-7-12(16-14)15-8-11/h6-10H,3-5,14H2,1-2H3,(H,15,16)/t9-,10+. The minimum Gasteiger partial charge on any atom is -0.333 e. The van der Waals surface area contributed by atoms with Crippen molar-refractivity contribution in [1.29, 1.82) is 0 Å². The predicted octanol–water partition coefficient (Wildman–Crippen LogP) is 1.77. The molecule has 0 bridgehead atoms. The highest BCUT2D eigenvalue weighted by atomic mass is 16.2. The molecule has 1 aromatic rings. The average molecular weight is 248 g/mol. The Morgan fingerprint density at radius 2 is 2.06 bits per heavy atom. The number of nitrogens with zero attached hydrogens (tertiary/aromatic N) is 2. The summed E-state index contributed by atoms with van der Waals surface area (Å²) in [6.07, 6.45) is 4.92. The molecule has 1 amide bonds. The predicted molar refractivity (Wildman–Crippen MR) is 71.0 cm³/mol. The Kier molecular flexibility index (Phi) is 3.81. The molecule has 0 aromatic carbocycles. The largest absolute Gasteiger partial charge is 0.333 e. The Morgan fingerprint density at radius 1 is 1.39 bits per heavy atom. The third kappa shape index (κ3) is 2.46. The number of nitrogens with one attached hydrogen (secondary N) is 1. The highest BCUT2D eigenvalue weighted by Gasteiger charge is 2.29. The maximum atomic E-state index is 12.5. The third-order valence-electron chi connectivity index (χ3n) is 3.59. The zero-order valence-corrected chi connectivity index (χ0v) is 10.9. The van der Waals surface area contributed by atoms with Gasteiger partial charge in [0.2, 0.25) is 0 Å². The van der Waals surface area contributed by atoms with Crippen molar-refractivity contribution >= 4 is 11.7 Å². The van der Waals surface area contributed by atoms with Crippen molar-refractivity contribution in [2.75, 3.05) is 5.43 Å². The van der Waals surface area contributed by atoms with Crippen LogP contribution in [-0.2, 0) is 0 Å². The molecular weight excluding hydrogens is 228 g/mol. The van der Waals surface area contributed by atoms with Gasteiger partial charge in [-0.2, -0.15) is 0 Å². The highest BCUT2D eigenvalue weighted by Crippen LogP contribution is 2.24. The molecule has 2 atom stereocenters. The van der Waals surface area contributed by atoms with Crippen LogP contribution in [0.4, 0.5) is 5.82 Å². The summed E-state index contributed by atoms with van der Waals surface area (Å²) in [5.74, 6) is 5.88. The van der Waals surface area contributed by atoms with Crippen LogP contribution in [0.3, 0.4) is 0 Å². The van der Waals surface area contributed by atoms with Gasteiger partial charge in [-0.15, -0.1) is 0 Å². The van der Waals surface area contributed by atoms with Crippen LogP contribution in [0.15, 0.2) is 18.3 Å². The summed E-state index contributed by atoms with van der Waals surface area (Å²) < 4.78 is 0. The van der Waals surface area contributed by atoms with Crippen molar-refractivity contribution in [1.82, 2.24) is 9.88 Å². The van der Waals surface area contributed by atoms with Gasteiger partial charge in [0.25, 0.3) is 5.91 Å². The Bertz CT molecular complexity index is 408. The van der Waals surface area contributed by atoms with E-state index < -0.39 is 0 Å². The van der Waals surface area contributed by atoms with E-state index >= 15 is 0 Å². The van der Waals surface area contributed by atoms with Crippen LogP contribution in [0.5, 0.6) is 0 Å². The van der Waals surface area contributed by atoms with E-state index in [1.54, 1.807) is 18.3 Å². The molecule has 3 N–H and O–H groups in total. The molecular formula is C13H20N4O. The van der Waals surface area contributed by atoms with Crippen LogP contribution in [-0.4, -0.2) is 27.9 Å². The summed E-state index contributed by atoms with van der Waals surface area (Å²) in [4.78, 5) is 18.5. The summed E-state index contributed by atoms with van der Waals surface area (Å²) in [6, 6.07) is 4.08. The number of pyridine rings is 1. The average Bonchev–Trinajstić information content (AvgIpc) is 2.38. The zero-order valence-electron chi connectivity index (χ0n) is 10.9. The van der Waals surface area contributed by atoms with E-state index in [9.17, 15) is 4.79 Å². The lowest BCUT2D eigenvalue weighted by molar-refractivity contribution is 0.0510. The van der Waals surface area contributed by atoms with Crippen molar-refractivity contribution in [3.63, 3.8) is 0 Å². The first-order chi connectivity index (χ1) is 8.63. The molecule has 1 aliphatic rings. The van der Waals surface area contributed by atoms with Crippen LogP contribution < -0.4 is 11.3 Å². The topological polar surface area (TPSA) is 71.2 Å². The fourth-order valence-electron chi connectivity index (χ4n) is 2.58. The van der Waals surface area contributed by atoms with Crippen molar-refractivity contribution in [2.45, 2.75) is 45.2 Å². The van der Waals surface area contributed by atoms with Gasteiger partial charge in [-0.25, -0.2) is 10.8 Å². The van der Waals surface area contributed by atoms with Crippen LogP contribution in [0, 0.1) is 0 Å². The number of rotatable bonds is 2. The van der Waals surface area contributed by atoms with Gasteiger partial charge in [-0.3, -0.25) is 4.79 Å². The normalized spacial score (nSPS) is 23.8. The van der Waals surface area contributed by atoms with Crippen LogP contribution in [0.2, 0.25) is 0 Å². The fourth-order valence-corrected chi connectivity index (χ4v) is 2.58. The lowest BCUT2D eigenvalue weighted by atomic mass is 9.96. The van der Waals surface area contributed by atoms with E-state index in [2.05, 4.69) is 24.3 Å². The van der Waals surface area contributed by atoms with E-state index in [1.807, 2.05) is 4.90 Å². The zero-order chi connectivity index (χ0) is 13.1. The Hall–Kier alpha value is -1.62. The molecule has 1 aliphatic heterocycles. The van der Waals surface area contributed by atoms with Crippen LogP contribution in [0.1, 0.15) is 43.5 Å². The lowest BCUT2D eigenvalue weighted by Crippen LogP contribution is -2.47. The number of hydrazine groups is 1. The monoisotopic (exact) mass is 248 g/mol. The van der Waals surface area contributed by atoms with E-state index in [0.717, 1.165) is 12.8 Å². The van der Waals surface area contributed by atoms with Gasteiger partial charge in [0.15, 0.2) is 0 Å². The second-order valence-electron chi connectivity index (χ2n) is 4.92. The van der Waals surface area contributed by atoms with Gasteiger partial charge in [-0.1, -0.05) is 0 Å². The number of carbonyl (C=O) groups excluding carboxylic acids is 1. The smallest absolute Gasteiger partial charge is 0.255 e. The van der Waals surface area contributed by atoms with Crippen molar-refractivity contribution in [3.05, 3.63) is 23.9 Å². The van der Waals surface area contributed by atoms with Gasteiger partial charge in [-0.05, 0) is 45.2 Å². The molecule has 5 heteroatoms. The van der Waals surface area contributed by atoms with Crippen LogP contribution >= 0.6 is 0 Å². The number of piperidine rings is 1. The number of amides is 1. The molecule has 1 fully saturated rings. The van der Waals surface area contributed by atoms with Gasteiger partial charge in [0.05, 0.1) is 5.56 Å². The van der Waals surface area contributed by atoms with Gasteiger partial charge in [0, 0.05) is 18.3 Å². The molecule has 0 aliphatic carbocycles. The molecule has 2 heterocycles. The Labute approximate surface area is 107 Å². The first-order valence-electron chi connectivity index (χ1n) is 6.39. The number of likely N-dealkylation sites (tertiary alicyclic amines) is 1. The van der Waals surface area contributed by atoms with Crippen molar-refractivity contribution in [3.8, 4) is 0 Å².